The van der Waals surface area contributed by atoms with Crippen LogP contribution in [0.3, 0.4) is 0 Å². The van der Waals surface area contributed by atoms with E-state index in [1.54, 1.807) is 0 Å². The molecule has 0 aliphatic carbocycles. The molecule has 27 heavy (non-hydrogen) atoms. The number of benzene rings is 2. The second-order valence-electron chi connectivity index (χ2n) is 6.66. The molecule has 2 unspecified atom stereocenters. The smallest absolute Gasteiger partial charge is 0.416 e. The zero-order valence-corrected chi connectivity index (χ0v) is 16.0. The minimum atomic E-state index is -4.40. The number of likely N-dealkylation sites (tertiary alicyclic amines) is 1. The monoisotopic (exact) mass is 441 g/mol. The first kappa shape index (κ1) is 19.9. The number of rotatable bonds is 4. The fourth-order valence-electron chi connectivity index (χ4n) is 3.63. The van der Waals surface area contributed by atoms with Crippen LogP contribution >= 0.6 is 15.9 Å². The van der Waals surface area contributed by atoms with Gasteiger partial charge in [0.15, 0.2) is 0 Å². The lowest BCUT2D eigenvalue weighted by molar-refractivity contribution is -0.145. The van der Waals surface area contributed by atoms with E-state index >= 15 is 0 Å². The first-order valence-corrected chi connectivity index (χ1v) is 9.48. The number of alkyl halides is 3. The number of hydrogen-bond donors (Lipinski definition) is 1. The Morgan fingerprint density at radius 2 is 1.81 bits per heavy atom. The van der Waals surface area contributed by atoms with E-state index in [2.05, 4.69) is 15.9 Å². The molecule has 2 aromatic rings. The average molecular weight is 442 g/mol. The summed E-state index contributed by atoms with van der Waals surface area (Å²) >= 11 is 3.43. The molecule has 2 atom stereocenters. The van der Waals surface area contributed by atoms with Crippen LogP contribution in [0.5, 0.6) is 0 Å². The standard InChI is InChI=1S/C20H19BrF3NO2/c21-16-5-3-4-14(12-16)18(25-11-2-1-6-17(25)19(26)27)13-7-9-15(10-8-13)20(22,23)24/h3-5,7-10,12,17-18H,1-2,6,11H2,(H,26,27). The van der Waals surface area contributed by atoms with Gasteiger partial charge >= 0.3 is 12.1 Å². The Morgan fingerprint density at radius 3 is 2.41 bits per heavy atom. The molecule has 0 bridgehead atoms. The van der Waals surface area contributed by atoms with Gasteiger partial charge in [0.1, 0.15) is 6.04 Å². The van der Waals surface area contributed by atoms with E-state index in [0.717, 1.165) is 35.0 Å². The van der Waals surface area contributed by atoms with Gasteiger partial charge in [-0.05, 0) is 54.8 Å². The normalized spacial score (nSPS) is 19.6. The molecule has 0 radical (unpaired) electrons. The summed E-state index contributed by atoms with van der Waals surface area (Å²) in [6.07, 6.45) is -2.19. The van der Waals surface area contributed by atoms with E-state index in [4.69, 9.17) is 0 Å². The highest BCUT2D eigenvalue weighted by molar-refractivity contribution is 9.10. The molecule has 3 rings (SSSR count). The van der Waals surface area contributed by atoms with E-state index in [-0.39, 0.29) is 0 Å². The molecule has 0 aromatic heterocycles. The Bertz CT molecular complexity index is 808. The third kappa shape index (κ3) is 4.52. The summed E-state index contributed by atoms with van der Waals surface area (Å²) in [5, 5.41) is 9.66. The molecular formula is C20H19BrF3NO2. The average Bonchev–Trinajstić information content (AvgIpc) is 2.62. The number of carboxylic acid groups (broad SMARTS) is 1. The molecule has 1 heterocycles. The van der Waals surface area contributed by atoms with Crippen molar-refractivity contribution in [2.24, 2.45) is 0 Å². The SMILES string of the molecule is O=C(O)C1CCCCN1C(c1ccc(C(F)(F)F)cc1)c1cccc(Br)c1. The van der Waals surface area contributed by atoms with Gasteiger partial charge in [-0.1, -0.05) is 46.6 Å². The maximum atomic E-state index is 12.9. The van der Waals surface area contributed by atoms with E-state index in [9.17, 15) is 23.1 Å². The number of hydrogen-bond acceptors (Lipinski definition) is 2. The number of nitrogens with zero attached hydrogens (tertiary/aromatic N) is 1. The van der Waals surface area contributed by atoms with Crippen LogP contribution in [0.25, 0.3) is 0 Å². The van der Waals surface area contributed by atoms with Crippen molar-refractivity contribution in [2.75, 3.05) is 6.54 Å². The zero-order valence-electron chi connectivity index (χ0n) is 14.4. The lowest BCUT2D eigenvalue weighted by Gasteiger charge is -2.39. The van der Waals surface area contributed by atoms with Crippen LogP contribution in [0.2, 0.25) is 0 Å². The molecule has 0 amide bonds. The zero-order chi connectivity index (χ0) is 19.6. The quantitative estimate of drug-likeness (QED) is 0.681. The number of carbonyl (C=O) groups is 1. The predicted octanol–water partition coefficient (Wildman–Crippen LogP) is 5.50. The fraction of sp³-hybridized carbons (Fsp3) is 0.350. The topological polar surface area (TPSA) is 40.5 Å². The van der Waals surface area contributed by atoms with Crippen LogP contribution in [-0.2, 0) is 11.0 Å². The third-order valence-corrected chi connectivity index (χ3v) is 5.37. The molecule has 2 aromatic carbocycles. The summed E-state index contributed by atoms with van der Waals surface area (Å²) in [4.78, 5) is 13.7. The van der Waals surface area contributed by atoms with E-state index in [1.807, 2.05) is 29.2 Å². The summed E-state index contributed by atoms with van der Waals surface area (Å²) in [5.74, 6) is -0.901. The molecule has 3 nitrogen and oxygen atoms in total. The van der Waals surface area contributed by atoms with Crippen molar-refractivity contribution < 1.29 is 23.1 Å². The minimum absolute atomic E-state index is 0.425. The van der Waals surface area contributed by atoms with Crippen molar-refractivity contribution in [3.8, 4) is 0 Å². The van der Waals surface area contributed by atoms with Crippen molar-refractivity contribution in [3.63, 3.8) is 0 Å². The molecular weight excluding hydrogens is 423 g/mol. The van der Waals surface area contributed by atoms with Gasteiger partial charge in [-0.2, -0.15) is 13.2 Å². The first-order chi connectivity index (χ1) is 12.8. The van der Waals surface area contributed by atoms with E-state index < -0.39 is 29.8 Å². The molecule has 144 valence electrons. The second-order valence-corrected chi connectivity index (χ2v) is 7.58. The Morgan fingerprint density at radius 1 is 1.11 bits per heavy atom. The van der Waals surface area contributed by atoms with Gasteiger partial charge in [-0.25, -0.2) is 0 Å². The molecule has 1 aliphatic heterocycles. The van der Waals surface area contributed by atoms with E-state index in [1.165, 1.54) is 12.1 Å². The fourth-order valence-corrected chi connectivity index (χ4v) is 4.05. The maximum Gasteiger partial charge on any atom is 0.416 e. The summed E-state index contributed by atoms with van der Waals surface area (Å²) < 4.78 is 39.6. The van der Waals surface area contributed by atoms with E-state index in [0.29, 0.717) is 18.5 Å². The molecule has 0 saturated carbocycles. The summed E-state index contributed by atoms with van der Waals surface area (Å²) in [6.45, 7) is 0.579. The van der Waals surface area contributed by atoms with Gasteiger partial charge in [-0.3, -0.25) is 9.69 Å². The Balaban J connectivity index is 2.06. The van der Waals surface area contributed by atoms with Gasteiger partial charge in [0, 0.05) is 4.47 Å². The Kier molecular flexibility index (Phi) is 5.91. The minimum Gasteiger partial charge on any atom is -0.480 e. The van der Waals surface area contributed by atoms with Crippen LogP contribution in [0.1, 0.15) is 42.0 Å². The predicted molar refractivity (Wildman–Crippen MR) is 99.4 cm³/mol. The van der Waals surface area contributed by atoms with Crippen molar-refractivity contribution in [3.05, 3.63) is 69.7 Å². The van der Waals surface area contributed by atoms with Gasteiger partial charge in [0.05, 0.1) is 11.6 Å². The molecule has 1 N–H and O–H groups in total. The highest BCUT2D eigenvalue weighted by Gasteiger charge is 2.36. The largest absolute Gasteiger partial charge is 0.480 e. The van der Waals surface area contributed by atoms with Crippen LogP contribution in [0.15, 0.2) is 53.0 Å². The molecule has 1 fully saturated rings. The van der Waals surface area contributed by atoms with Gasteiger partial charge in [-0.15, -0.1) is 0 Å². The third-order valence-electron chi connectivity index (χ3n) is 4.88. The van der Waals surface area contributed by atoms with Crippen LogP contribution in [-0.4, -0.2) is 28.6 Å². The van der Waals surface area contributed by atoms with Crippen molar-refractivity contribution in [2.45, 2.75) is 37.5 Å². The number of halogens is 4. The van der Waals surface area contributed by atoms with Crippen molar-refractivity contribution in [1.82, 2.24) is 4.90 Å². The highest BCUT2D eigenvalue weighted by atomic mass is 79.9. The lowest BCUT2D eigenvalue weighted by Crippen LogP contribution is -2.46. The number of aliphatic carboxylic acids is 1. The first-order valence-electron chi connectivity index (χ1n) is 8.68. The van der Waals surface area contributed by atoms with Crippen LogP contribution in [0.4, 0.5) is 13.2 Å². The molecule has 1 aliphatic rings. The van der Waals surface area contributed by atoms with Gasteiger partial charge in [0.25, 0.3) is 0 Å². The van der Waals surface area contributed by atoms with Crippen molar-refractivity contribution in [1.29, 1.82) is 0 Å². The summed E-state index contributed by atoms with van der Waals surface area (Å²) in [7, 11) is 0. The number of piperidine rings is 1. The summed E-state index contributed by atoms with van der Waals surface area (Å²) in [6, 6.07) is 11.4. The van der Waals surface area contributed by atoms with Crippen molar-refractivity contribution >= 4 is 21.9 Å². The Hall–Kier alpha value is -1.86. The van der Waals surface area contributed by atoms with Gasteiger partial charge < -0.3 is 5.11 Å². The van der Waals surface area contributed by atoms with Crippen LogP contribution < -0.4 is 0 Å². The van der Waals surface area contributed by atoms with Crippen LogP contribution in [0, 0.1) is 0 Å². The Labute approximate surface area is 163 Å². The molecule has 1 saturated heterocycles. The lowest BCUT2D eigenvalue weighted by atomic mass is 9.91. The van der Waals surface area contributed by atoms with Gasteiger partial charge in [0.2, 0.25) is 0 Å². The molecule has 0 spiro atoms. The summed E-state index contributed by atoms with van der Waals surface area (Å²) in [5.41, 5.74) is 0.777. The molecule has 7 heteroatoms. The maximum absolute atomic E-state index is 12.9. The highest BCUT2D eigenvalue weighted by Crippen LogP contribution is 2.37. The number of carboxylic acids is 1. The second kappa shape index (κ2) is 8.02.